The zero-order valence-corrected chi connectivity index (χ0v) is 33.7. The van der Waals surface area contributed by atoms with Crippen molar-refractivity contribution in [1.82, 2.24) is 9.55 Å². The molecule has 0 saturated carbocycles. The number of ether oxygens (including phenoxy) is 4. The lowest BCUT2D eigenvalue weighted by atomic mass is 9.80. The van der Waals surface area contributed by atoms with Crippen LogP contribution in [0.2, 0.25) is 0 Å². The molecule has 4 aromatic carbocycles. The number of aromatic nitrogens is 2. The molecule has 1 saturated heterocycles. The van der Waals surface area contributed by atoms with Gasteiger partial charge in [-0.2, -0.15) is 4.98 Å². The molecule has 2 heterocycles. The van der Waals surface area contributed by atoms with Gasteiger partial charge >= 0.3 is 13.9 Å². The van der Waals surface area contributed by atoms with Crippen molar-refractivity contribution in [1.29, 1.82) is 0 Å². The van der Waals surface area contributed by atoms with E-state index in [1.54, 1.807) is 49.5 Å². The molecule has 5 aromatic rings. The van der Waals surface area contributed by atoms with E-state index in [9.17, 15) is 19.0 Å². The van der Waals surface area contributed by atoms with E-state index in [1.165, 1.54) is 36.5 Å². The third-order valence-corrected chi connectivity index (χ3v) is 10.4. The molecule has 57 heavy (non-hydrogen) atoms. The van der Waals surface area contributed by atoms with Crippen LogP contribution in [0, 0.1) is 0 Å². The number of rotatable bonds is 16. The molecule has 1 amide bonds. The summed E-state index contributed by atoms with van der Waals surface area (Å²) in [5, 5.41) is 2.61. The Morgan fingerprint density at radius 2 is 1.37 bits per heavy atom. The van der Waals surface area contributed by atoms with Gasteiger partial charge in [-0.15, -0.1) is 4.52 Å². The van der Waals surface area contributed by atoms with Gasteiger partial charge in [-0.05, 0) is 84.5 Å². The van der Waals surface area contributed by atoms with Gasteiger partial charge in [0.05, 0.1) is 40.5 Å². The zero-order valence-electron chi connectivity index (χ0n) is 32.8. The number of quaternary nitrogens is 1. The Bertz CT molecular complexity index is 2030. The van der Waals surface area contributed by atoms with E-state index in [2.05, 4.69) is 31.1 Å². The van der Waals surface area contributed by atoms with E-state index in [0.29, 0.717) is 17.1 Å². The van der Waals surface area contributed by atoms with Gasteiger partial charge < -0.3 is 34.1 Å². The third kappa shape index (κ3) is 10.8. The molecule has 13 nitrogen and oxygen atoms in total. The first-order chi connectivity index (χ1) is 27.6. The standard InChI is InChI=1S/C37H34N3O9P.C6H15N/c1-45-29-17-13-27(14-18-29)37(26-11-7-4-8-12-26,28-15-19-30(46-2)20-16-28)47-24-32-31(49-50(43)44)23-34(48-32)40-22-21-33(39-36(40)42)38-35(41)25-9-5-3-6-10-25;1-4-7(5-2)6-3/h3-22,31-32,34H,23-24H2,1-2H3,(H,38,39,41,42);4-6H2,1-3H3/p+1/t31-,32+,34+;/m0./s1. The maximum absolute atomic E-state index is 13.2. The first kappa shape index (κ1) is 42.9. The van der Waals surface area contributed by atoms with E-state index < -0.39 is 43.9 Å². The molecule has 2 N–H and O–H groups in total. The lowest BCUT2D eigenvalue weighted by molar-refractivity contribution is -0.894. The number of benzene rings is 4. The predicted octanol–water partition coefficient (Wildman–Crippen LogP) is 5.14. The lowest BCUT2D eigenvalue weighted by Gasteiger charge is -2.37. The third-order valence-electron chi connectivity index (χ3n) is 9.96. The van der Waals surface area contributed by atoms with Crippen molar-refractivity contribution in [2.45, 2.75) is 51.2 Å². The van der Waals surface area contributed by atoms with Gasteiger partial charge in [0.25, 0.3) is 5.91 Å². The second-order valence-corrected chi connectivity index (χ2v) is 13.8. The molecular formula is C43H50N4O9P+. The smallest absolute Gasteiger partial charge is 0.488 e. The number of hydrogen-bond acceptors (Lipinski definition) is 10. The molecule has 0 bridgehead atoms. The molecule has 1 aromatic heterocycles. The number of carbonyl (C=O) groups excluding carboxylic acids is 1. The quantitative estimate of drug-likeness (QED) is 0.101. The van der Waals surface area contributed by atoms with Crippen LogP contribution >= 0.6 is 8.25 Å². The topological polar surface area (TPSA) is 155 Å². The maximum Gasteiger partial charge on any atom is 0.488 e. The van der Waals surface area contributed by atoms with Gasteiger partial charge in [0, 0.05) is 18.2 Å². The Hall–Kier alpha value is -5.27. The van der Waals surface area contributed by atoms with E-state index in [0.717, 1.165) is 16.7 Å². The average Bonchev–Trinajstić information content (AvgIpc) is 3.64. The number of amides is 1. The predicted molar refractivity (Wildman–Crippen MR) is 215 cm³/mol. The minimum absolute atomic E-state index is 0.0120. The summed E-state index contributed by atoms with van der Waals surface area (Å²) in [6.07, 6.45) is -1.39. The van der Waals surface area contributed by atoms with E-state index in [4.69, 9.17) is 23.5 Å². The van der Waals surface area contributed by atoms with E-state index >= 15 is 0 Å². The molecule has 1 fully saturated rings. The molecule has 0 radical (unpaired) electrons. The van der Waals surface area contributed by atoms with Crippen molar-refractivity contribution in [3.8, 4) is 11.5 Å². The summed E-state index contributed by atoms with van der Waals surface area (Å²) in [5.41, 5.74) is 0.828. The van der Waals surface area contributed by atoms with Crippen molar-refractivity contribution in [2.24, 2.45) is 0 Å². The normalized spacial score (nSPS) is 16.7. The number of anilines is 1. The molecule has 4 atom stereocenters. The molecule has 1 aliphatic rings. The molecule has 1 aliphatic heterocycles. The molecule has 1 unspecified atom stereocenters. The van der Waals surface area contributed by atoms with Crippen molar-refractivity contribution >= 4 is 20.0 Å². The number of nitrogens with one attached hydrogen (secondary N) is 2. The van der Waals surface area contributed by atoms with Crippen LogP contribution in [0.1, 0.15) is 60.5 Å². The highest BCUT2D eigenvalue weighted by molar-refractivity contribution is 7.30. The highest BCUT2D eigenvalue weighted by atomic mass is 31.1. The van der Waals surface area contributed by atoms with Crippen LogP contribution in [0.5, 0.6) is 11.5 Å². The minimum atomic E-state index is -3.27. The first-order valence-corrected chi connectivity index (χ1v) is 20.0. The summed E-state index contributed by atoms with van der Waals surface area (Å²) in [6, 6.07) is 34.5. The van der Waals surface area contributed by atoms with Crippen LogP contribution < -0.4 is 30.3 Å². The van der Waals surface area contributed by atoms with Crippen LogP contribution in [0.25, 0.3) is 0 Å². The largest absolute Gasteiger partial charge is 0.566 e. The number of nitrogens with zero attached hydrogens (tertiary/aromatic N) is 2. The van der Waals surface area contributed by atoms with Crippen LogP contribution in [0.15, 0.2) is 126 Å². The lowest BCUT2D eigenvalue weighted by Crippen LogP contribution is -3.11. The molecule has 6 rings (SSSR count). The van der Waals surface area contributed by atoms with Crippen molar-refractivity contribution in [3.05, 3.63) is 154 Å². The summed E-state index contributed by atoms with van der Waals surface area (Å²) < 4.78 is 42.4. The second-order valence-electron chi connectivity index (χ2n) is 13.2. The van der Waals surface area contributed by atoms with E-state index in [1.807, 2.05) is 78.9 Å². The summed E-state index contributed by atoms with van der Waals surface area (Å²) >= 11 is 0. The summed E-state index contributed by atoms with van der Waals surface area (Å²) in [6.45, 7) is 10.4. The van der Waals surface area contributed by atoms with Crippen LogP contribution in [0.3, 0.4) is 0 Å². The Labute approximate surface area is 334 Å². The fourth-order valence-corrected chi connectivity index (χ4v) is 7.20. The number of carbonyl (C=O) groups is 1. The molecule has 14 heteroatoms. The fourth-order valence-electron chi connectivity index (χ4n) is 6.75. The highest BCUT2D eigenvalue weighted by Gasteiger charge is 2.45. The van der Waals surface area contributed by atoms with Crippen molar-refractivity contribution in [2.75, 3.05) is 45.8 Å². The minimum Gasteiger partial charge on any atom is -0.566 e. The van der Waals surface area contributed by atoms with Gasteiger partial charge in [0.2, 0.25) is 0 Å². The van der Waals surface area contributed by atoms with Crippen LogP contribution in [-0.2, 0) is 24.2 Å². The Kier molecular flexibility index (Phi) is 15.6. The maximum atomic E-state index is 13.2. The number of hydrogen-bond donors (Lipinski definition) is 2. The average molecular weight is 798 g/mol. The Morgan fingerprint density at radius 1 is 0.842 bits per heavy atom. The molecule has 300 valence electrons. The summed E-state index contributed by atoms with van der Waals surface area (Å²) in [4.78, 5) is 43.3. The van der Waals surface area contributed by atoms with Gasteiger partial charge in [-0.3, -0.25) is 9.36 Å². The molecule has 0 spiro atoms. The van der Waals surface area contributed by atoms with Crippen molar-refractivity contribution in [3.63, 3.8) is 0 Å². The van der Waals surface area contributed by atoms with E-state index in [-0.39, 0.29) is 18.8 Å². The molecule has 0 aliphatic carbocycles. The SMILES string of the molecule is CC[NH+](CC)CC.COc1ccc(C(OC[C@H]2O[C@@H](n3ccc(NC(=O)c4ccccc4)nc3=O)C[C@@H]2O[P+](=O)[O-])(c2ccccc2)c2ccc(OC)cc2)cc1. The summed E-state index contributed by atoms with van der Waals surface area (Å²) in [7, 11) is -0.0931. The second kappa shape index (κ2) is 20.8. The van der Waals surface area contributed by atoms with Crippen LogP contribution in [-0.4, -0.2) is 68.1 Å². The van der Waals surface area contributed by atoms with Gasteiger partial charge in [-0.1, -0.05) is 72.8 Å². The Balaban J connectivity index is 0.000000811. The fraction of sp³-hybridized carbons (Fsp3) is 0.326. The summed E-state index contributed by atoms with van der Waals surface area (Å²) in [5.74, 6) is 0.947. The van der Waals surface area contributed by atoms with Crippen LogP contribution in [0.4, 0.5) is 5.82 Å². The van der Waals surface area contributed by atoms with Crippen molar-refractivity contribution < 1.29 is 42.6 Å². The first-order valence-electron chi connectivity index (χ1n) is 18.9. The number of methoxy groups -OCH3 is 2. The Morgan fingerprint density at radius 3 is 1.84 bits per heavy atom. The monoisotopic (exact) mass is 797 g/mol. The van der Waals surface area contributed by atoms with Gasteiger partial charge in [0.15, 0.2) is 0 Å². The van der Waals surface area contributed by atoms with Gasteiger partial charge in [0.1, 0.15) is 41.4 Å². The molecular weight excluding hydrogens is 747 g/mol. The highest BCUT2D eigenvalue weighted by Crippen LogP contribution is 2.43. The zero-order chi connectivity index (χ0) is 40.8. The van der Waals surface area contributed by atoms with Gasteiger partial charge in [-0.25, -0.2) is 4.79 Å².